The first kappa shape index (κ1) is 16.8. The van der Waals surface area contributed by atoms with Crippen LogP contribution >= 0.6 is 39.3 Å². The van der Waals surface area contributed by atoms with Crippen molar-refractivity contribution >= 4 is 39.3 Å². The quantitative estimate of drug-likeness (QED) is 0.689. The van der Waals surface area contributed by atoms with E-state index in [1.807, 2.05) is 12.1 Å². The summed E-state index contributed by atoms with van der Waals surface area (Å²) >= 11 is 11.1. The van der Waals surface area contributed by atoms with Crippen LogP contribution in [0.4, 0.5) is 0 Å². The van der Waals surface area contributed by atoms with Gasteiger partial charge in [-0.15, -0.1) is 0 Å². The van der Waals surface area contributed by atoms with Gasteiger partial charge in [0.2, 0.25) is 0 Å². The number of halogens is 2. The van der Waals surface area contributed by atoms with Crippen LogP contribution in [0.15, 0.2) is 50.9 Å². The fourth-order valence-corrected chi connectivity index (χ4v) is 3.60. The van der Waals surface area contributed by atoms with Crippen LogP contribution < -0.4 is 5.32 Å². The topological polar surface area (TPSA) is 24.9 Å². The monoisotopic (exact) mass is 384 g/mol. The molecule has 0 fully saturated rings. The Kier molecular flexibility index (Phi) is 6.55. The zero-order valence-corrected chi connectivity index (χ0v) is 15.2. The van der Waals surface area contributed by atoms with Gasteiger partial charge < -0.3 is 5.32 Å². The van der Waals surface area contributed by atoms with E-state index in [0.717, 1.165) is 22.5 Å². The van der Waals surface area contributed by atoms with E-state index < -0.39 is 0 Å². The van der Waals surface area contributed by atoms with E-state index in [-0.39, 0.29) is 0 Å². The van der Waals surface area contributed by atoms with Gasteiger partial charge in [-0.05, 0) is 49.7 Å². The van der Waals surface area contributed by atoms with Crippen molar-refractivity contribution in [3.63, 3.8) is 0 Å². The van der Waals surface area contributed by atoms with Crippen molar-refractivity contribution in [2.45, 2.75) is 36.2 Å². The summed E-state index contributed by atoms with van der Waals surface area (Å²) < 4.78 is 1.07. The zero-order valence-electron chi connectivity index (χ0n) is 12.1. The van der Waals surface area contributed by atoms with Crippen LogP contribution in [0, 0.1) is 0 Å². The molecule has 2 aromatic rings. The van der Waals surface area contributed by atoms with Crippen LogP contribution in [0.3, 0.4) is 0 Å². The van der Waals surface area contributed by atoms with Crippen LogP contribution in [-0.4, -0.2) is 11.5 Å². The van der Waals surface area contributed by atoms with Crippen LogP contribution in [0.2, 0.25) is 5.02 Å². The maximum Gasteiger partial charge on any atom is 0.101 e. The van der Waals surface area contributed by atoms with Crippen molar-refractivity contribution in [2.75, 3.05) is 6.54 Å². The molecule has 0 bridgehead atoms. The van der Waals surface area contributed by atoms with Gasteiger partial charge in [-0.25, -0.2) is 4.98 Å². The van der Waals surface area contributed by atoms with E-state index in [1.54, 1.807) is 18.0 Å². The fourth-order valence-electron chi connectivity index (χ4n) is 1.96. The normalized spacial score (nSPS) is 12.4. The lowest BCUT2D eigenvalue weighted by atomic mass is 10.1. The van der Waals surface area contributed by atoms with Gasteiger partial charge in [0.15, 0.2) is 0 Å². The number of hydrogen-bond donors (Lipinski definition) is 1. The van der Waals surface area contributed by atoms with Crippen molar-refractivity contribution in [3.8, 4) is 0 Å². The highest BCUT2D eigenvalue weighted by molar-refractivity contribution is 9.10. The highest BCUT2D eigenvalue weighted by Gasteiger charge is 2.12. The molecule has 1 unspecified atom stereocenters. The molecule has 1 aromatic heterocycles. The Bertz CT molecular complexity index is 589. The lowest BCUT2D eigenvalue weighted by molar-refractivity contribution is 0.563. The van der Waals surface area contributed by atoms with Gasteiger partial charge in [-0.2, -0.15) is 0 Å². The summed E-state index contributed by atoms with van der Waals surface area (Å²) in [4.78, 5) is 5.57. The molecule has 21 heavy (non-hydrogen) atoms. The number of nitrogens with one attached hydrogen (secondary N) is 1. The highest BCUT2D eigenvalue weighted by Crippen LogP contribution is 2.34. The Hall–Kier alpha value is -0.550. The maximum atomic E-state index is 5.89. The number of aromatic nitrogens is 1. The number of pyridine rings is 1. The molecule has 1 heterocycles. The molecule has 0 saturated carbocycles. The minimum Gasteiger partial charge on any atom is -0.310 e. The summed E-state index contributed by atoms with van der Waals surface area (Å²) in [6, 6.07) is 10.5. The lowest BCUT2D eigenvalue weighted by Gasteiger charge is -2.17. The fraction of sp³-hybridized carbons (Fsp3) is 0.312. The van der Waals surface area contributed by atoms with Crippen LogP contribution in [0.25, 0.3) is 0 Å². The molecule has 0 amide bonds. The van der Waals surface area contributed by atoms with Crippen molar-refractivity contribution in [1.82, 2.24) is 10.3 Å². The largest absolute Gasteiger partial charge is 0.310 e. The molecule has 0 aliphatic rings. The molecule has 0 spiro atoms. The summed E-state index contributed by atoms with van der Waals surface area (Å²) in [5.74, 6) is 0. The zero-order chi connectivity index (χ0) is 15.2. The molecular weight excluding hydrogens is 368 g/mol. The molecule has 2 nitrogen and oxygen atoms in total. The summed E-state index contributed by atoms with van der Waals surface area (Å²) in [7, 11) is 0. The van der Waals surface area contributed by atoms with E-state index in [2.05, 4.69) is 58.3 Å². The Morgan fingerprint density at radius 1 is 1.33 bits per heavy atom. The summed E-state index contributed by atoms with van der Waals surface area (Å²) in [6.45, 7) is 5.38. The third-order valence-corrected chi connectivity index (χ3v) is 4.80. The van der Waals surface area contributed by atoms with Gasteiger partial charge >= 0.3 is 0 Å². The predicted molar refractivity (Wildman–Crippen MR) is 94.2 cm³/mol. The third kappa shape index (κ3) is 4.99. The Labute approximate surface area is 143 Å². The summed E-state index contributed by atoms with van der Waals surface area (Å²) in [6.07, 6.45) is 2.81. The number of nitrogens with zero attached hydrogens (tertiary/aromatic N) is 1. The Morgan fingerprint density at radius 2 is 2.14 bits per heavy atom. The Morgan fingerprint density at radius 3 is 2.81 bits per heavy atom. The standard InChI is InChI=1S/C16H18BrClN2S/c1-3-8-19-11(2)14-6-4-12(17)9-15(14)21-16-7-5-13(18)10-20-16/h4-7,9-11,19H,3,8H2,1-2H3. The predicted octanol–water partition coefficient (Wildman–Crippen LogP) is 5.71. The van der Waals surface area contributed by atoms with Gasteiger partial charge in [-0.1, -0.05) is 52.3 Å². The van der Waals surface area contributed by atoms with Crippen LogP contribution in [0.5, 0.6) is 0 Å². The molecule has 112 valence electrons. The van der Waals surface area contributed by atoms with Gasteiger partial charge in [0.25, 0.3) is 0 Å². The molecule has 0 aliphatic carbocycles. The minimum atomic E-state index is 0.313. The van der Waals surface area contributed by atoms with Crippen molar-refractivity contribution in [3.05, 3.63) is 51.6 Å². The first-order valence-electron chi connectivity index (χ1n) is 6.92. The molecule has 5 heteroatoms. The minimum absolute atomic E-state index is 0.313. The van der Waals surface area contributed by atoms with Crippen molar-refractivity contribution in [1.29, 1.82) is 0 Å². The van der Waals surface area contributed by atoms with Gasteiger partial charge in [-0.3, -0.25) is 0 Å². The van der Waals surface area contributed by atoms with E-state index in [0.29, 0.717) is 11.1 Å². The lowest BCUT2D eigenvalue weighted by Crippen LogP contribution is -2.19. The van der Waals surface area contributed by atoms with Gasteiger partial charge in [0, 0.05) is 21.6 Å². The molecule has 0 aliphatic heterocycles. The molecule has 0 saturated heterocycles. The van der Waals surface area contributed by atoms with Crippen molar-refractivity contribution in [2.24, 2.45) is 0 Å². The average Bonchev–Trinajstić information content (AvgIpc) is 2.47. The highest BCUT2D eigenvalue weighted by atomic mass is 79.9. The van der Waals surface area contributed by atoms with E-state index in [4.69, 9.17) is 11.6 Å². The van der Waals surface area contributed by atoms with Gasteiger partial charge in [0.1, 0.15) is 5.03 Å². The summed E-state index contributed by atoms with van der Waals surface area (Å²) in [5.41, 5.74) is 1.29. The van der Waals surface area contributed by atoms with Crippen LogP contribution in [-0.2, 0) is 0 Å². The molecular formula is C16H18BrClN2S. The molecule has 1 aromatic carbocycles. The third-order valence-electron chi connectivity index (χ3n) is 3.06. The number of rotatable bonds is 6. The number of hydrogen-bond acceptors (Lipinski definition) is 3. The molecule has 1 N–H and O–H groups in total. The van der Waals surface area contributed by atoms with Crippen LogP contribution in [0.1, 0.15) is 31.9 Å². The number of benzene rings is 1. The smallest absolute Gasteiger partial charge is 0.101 e. The first-order chi connectivity index (χ1) is 10.1. The summed E-state index contributed by atoms with van der Waals surface area (Å²) in [5, 5.41) is 5.14. The first-order valence-corrected chi connectivity index (χ1v) is 8.91. The SMILES string of the molecule is CCCNC(C)c1ccc(Br)cc1Sc1ccc(Cl)cn1. The molecule has 2 rings (SSSR count). The Balaban J connectivity index is 2.24. The van der Waals surface area contributed by atoms with Gasteiger partial charge in [0.05, 0.1) is 5.02 Å². The van der Waals surface area contributed by atoms with E-state index in [9.17, 15) is 0 Å². The second kappa shape index (κ2) is 8.18. The second-order valence-corrected chi connectivity index (χ2v) is 7.19. The molecule has 1 atom stereocenters. The second-order valence-electron chi connectivity index (χ2n) is 4.77. The van der Waals surface area contributed by atoms with E-state index in [1.165, 1.54) is 10.5 Å². The maximum absolute atomic E-state index is 5.89. The molecule has 0 radical (unpaired) electrons. The average molecular weight is 386 g/mol. The van der Waals surface area contributed by atoms with Crippen molar-refractivity contribution < 1.29 is 0 Å². The van der Waals surface area contributed by atoms with E-state index >= 15 is 0 Å².